The first-order valence-electron chi connectivity index (χ1n) is 11.6. The van der Waals surface area contributed by atoms with Gasteiger partial charge in [0.1, 0.15) is 6.61 Å². The van der Waals surface area contributed by atoms with Crippen LogP contribution in [0.5, 0.6) is 0 Å². The molecule has 2 aliphatic rings. The van der Waals surface area contributed by atoms with Crippen molar-refractivity contribution in [1.82, 2.24) is 10.6 Å². The van der Waals surface area contributed by atoms with Gasteiger partial charge in [-0.1, -0.05) is 55.0 Å². The van der Waals surface area contributed by atoms with Crippen molar-refractivity contribution < 1.29 is 29.3 Å². The number of carbonyl (C=O) groups excluding carboxylic acids is 2. The van der Waals surface area contributed by atoms with Gasteiger partial charge in [0.15, 0.2) is 5.60 Å². The number of aliphatic carboxylic acids is 1. The minimum Gasteiger partial charge on any atom is -0.479 e. The van der Waals surface area contributed by atoms with Crippen LogP contribution in [0.1, 0.15) is 43.2 Å². The number of nitrogens with one attached hydrogen (secondary N) is 2. The molecule has 0 spiro atoms. The summed E-state index contributed by atoms with van der Waals surface area (Å²) in [5.41, 5.74) is 2.47. The predicted octanol–water partition coefficient (Wildman–Crippen LogP) is 2.89. The first kappa shape index (κ1) is 23.8. The summed E-state index contributed by atoms with van der Waals surface area (Å²) in [6.07, 6.45) is 2.13. The Balaban J connectivity index is 1.33. The SMILES string of the molecule is CC(O)(CNC(=O)C(CNC(=O)OCC1c2ccccc2-c2ccccc21)C1CCC1)C(=O)O. The number of aliphatic hydroxyl groups is 1. The van der Waals surface area contributed by atoms with Crippen LogP contribution < -0.4 is 10.6 Å². The summed E-state index contributed by atoms with van der Waals surface area (Å²) in [6.45, 7) is 0.988. The summed E-state index contributed by atoms with van der Waals surface area (Å²) in [5, 5.41) is 24.1. The summed E-state index contributed by atoms with van der Waals surface area (Å²) >= 11 is 0. The highest BCUT2D eigenvalue weighted by atomic mass is 16.5. The highest BCUT2D eigenvalue weighted by molar-refractivity contribution is 5.82. The Morgan fingerprint density at radius 1 is 1.03 bits per heavy atom. The number of benzene rings is 2. The number of carboxylic acid groups (broad SMARTS) is 1. The van der Waals surface area contributed by atoms with Crippen LogP contribution >= 0.6 is 0 Å². The lowest BCUT2D eigenvalue weighted by Gasteiger charge is -2.33. The van der Waals surface area contributed by atoms with Gasteiger partial charge in [0.05, 0.1) is 12.5 Å². The van der Waals surface area contributed by atoms with Gasteiger partial charge in [0.2, 0.25) is 5.91 Å². The van der Waals surface area contributed by atoms with Gasteiger partial charge in [-0.05, 0) is 47.9 Å². The Hall–Kier alpha value is -3.39. The van der Waals surface area contributed by atoms with E-state index in [-0.39, 0.29) is 30.9 Å². The molecule has 0 aromatic heterocycles. The first-order valence-corrected chi connectivity index (χ1v) is 11.6. The van der Waals surface area contributed by atoms with E-state index in [4.69, 9.17) is 9.84 Å². The van der Waals surface area contributed by atoms with Gasteiger partial charge in [0.25, 0.3) is 0 Å². The molecule has 0 aliphatic heterocycles. The van der Waals surface area contributed by atoms with E-state index >= 15 is 0 Å². The van der Waals surface area contributed by atoms with Crippen LogP contribution in [0.15, 0.2) is 48.5 Å². The molecule has 1 saturated carbocycles. The number of hydrogen-bond donors (Lipinski definition) is 4. The molecule has 180 valence electrons. The van der Waals surface area contributed by atoms with Crippen molar-refractivity contribution in [2.24, 2.45) is 11.8 Å². The predicted molar refractivity (Wildman–Crippen MR) is 125 cm³/mol. The molecule has 8 nitrogen and oxygen atoms in total. The molecule has 4 N–H and O–H groups in total. The summed E-state index contributed by atoms with van der Waals surface area (Å²) in [6, 6.07) is 16.2. The van der Waals surface area contributed by atoms with Crippen LogP contribution in [-0.4, -0.2) is 53.5 Å². The van der Waals surface area contributed by atoms with Crippen LogP contribution in [0, 0.1) is 11.8 Å². The van der Waals surface area contributed by atoms with Crippen molar-refractivity contribution >= 4 is 18.0 Å². The fraction of sp³-hybridized carbons (Fsp3) is 0.423. The fourth-order valence-electron chi connectivity index (χ4n) is 4.62. The molecule has 0 heterocycles. The maximum absolute atomic E-state index is 12.7. The van der Waals surface area contributed by atoms with Crippen LogP contribution in [0.3, 0.4) is 0 Å². The number of amides is 2. The molecule has 0 bridgehead atoms. The maximum Gasteiger partial charge on any atom is 0.407 e. The lowest BCUT2D eigenvalue weighted by atomic mass is 9.75. The highest BCUT2D eigenvalue weighted by Crippen LogP contribution is 2.44. The number of ether oxygens (including phenoxy) is 1. The molecular weight excluding hydrogens is 436 g/mol. The smallest absolute Gasteiger partial charge is 0.407 e. The lowest BCUT2D eigenvalue weighted by Crippen LogP contribution is -2.51. The minimum atomic E-state index is -2.06. The highest BCUT2D eigenvalue weighted by Gasteiger charge is 2.36. The van der Waals surface area contributed by atoms with E-state index in [9.17, 15) is 19.5 Å². The Morgan fingerprint density at radius 2 is 1.62 bits per heavy atom. The average Bonchev–Trinajstić information content (AvgIpc) is 3.11. The van der Waals surface area contributed by atoms with Crippen molar-refractivity contribution in [3.8, 4) is 11.1 Å². The third-order valence-electron chi connectivity index (χ3n) is 6.93. The minimum absolute atomic E-state index is 0.0536. The van der Waals surface area contributed by atoms with Gasteiger partial charge in [-0.3, -0.25) is 4.79 Å². The molecule has 0 radical (unpaired) electrons. The van der Waals surface area contributed by atoms with Crippen molar-refractivity contribution in [3.63, 3.8) is 0 Å². The summed E-state index contributed by atoms with van der Waals surface area (Å²) in [7, 11) is 0. The Bertz CT molecular complexity index is 1030. The Kier molecular flexibility index (Phi) is 6.88. The molecular formula is C26H30N2O6. The van der Waals surface area contributed by atoms with Gasteiger partial charge in [0, 0.05) is 12.5 Å². The van der Waals surface area contributed by atoms with Gasteiger partial charge in [-0.2, -0.15) is 0 Å². The second kappa shape index (κ2) is 9.85. The monoisotopic (exact) mass is 466 g/mol. The number of hydrogen-bond acceptors (Lipinski definition) is 5. The fourth-order valence-corrected chi connectivity index (χ4v) is 4.62. The molecule has 1 fully saturated rings. The molecule has 2 aromatic rings. The largest absolute Gasteiger partial charge is 0.479 e. The number of alkyl carbamates (subject to hydrolysis) is 1. The number of carbonyl (C=O) groups is 3. The van der Waals surface area contributed by atoms with Crippen molar-refractivity contribution in [2.75, 3.05) is 19.7 Å². The van der Waals surface area contributed by atoms with Crippen LogP contribution in [0.4, 0.5) is 4.79 Å². The number of fused-ring (bicyclic) bond motifs is 3. The molecule has 2 amide bonds. The van der Waals surface area contributed by atoms with Gasteiger partial charge in [-0.15, -0.1) is 0 Å². The van der Waals surface area contributed by atoms with E-state index in [1.807, 2.05) is 36.4 Å². The maximum atomic E-state index is 12.7. The summed E-state index contributed by atoms with van der Waals surface area (Å²) in [4.78, 5) is 36.3. The summed E-state index contributed by atoms with van der Waals surface area (Å²) in [5.74, 6) is -2.26. The Morgan fingerprint density at radius 3 is 2.15 bits per heavy atom. The number of rotatable bonds is 9. The van der Waals surface area contributed by atoms with Gasteiger partial charge >= 0.3 is 12.1 Å². The first-order chi connectivity index (χ1) is 16.3. The zero-order valence-electron chi connectivity index (χ0n) is 19.1. The van der Waals surface area contributed by atoms with E-state index in [1.54, 1.807) is 0 Å². The van der Waals surface area contributed by atoms with Crippen molar-refractivity contribution in [2.45, 2.75) is 37.7 Å². The van der Waals surface area contributed by atoms with E-state index < -0.39 is 30.1 Å². The molecule has 8 heteroatoms. The van der Waals surface area contributed by atoms with Crippen molar-refractivity contribution in [3.05, 3.63) is 59.7 Å². The molecule has 2 atom stereocenters. The van der Waals surface area contributed by atoms with Crippen LogP contribution in [-0.2, 0) is 14.3 Å². The van der Waals surface area contributed by atoms with Crippen LogP contribution in [0.25, 0.3) is 11.1 Å². The molecule has 2 aromatic carbocycles. The zero-order chi connectivity index (χ0) is 24.3. The lowest BCUT2D eigenvalue weighted by molar-refractivity contribution is -0.156. The molecule has 2 unspecified atom stereocenters. The standard InChI is InChI=1S/C26H30N2O6/c1-26(33,24(30)31)15-28-23(29)21(16-7-6-8-16)13-27-25(32)34-14-22-19-11-4-2-9-17(19)18-10-3-5-12-20(18)22/h2-5,9-12,16,21-22,33H,6-8,13-15H2,1H3,(H,27,32)(H,28,29)(H,30,31). The van der Waals surface area contributed by atoms with E-state index in [0.717, 1.165) is 48.4 Å². The third-order valence-corrected chi connectivity index (χ3v) is 6.93. The zero-order valence-corrected chi connectivity index (χ0v) is 19.1. The topological polar surface area (TPSA) is 125 Å². The van der Waals surface area contributed by atoms with Gasteiger partial charge in [-0.25, -0.2) is 9.59 Å². The molecule has 34 heavy (non-hydrogen) atoms. The second-order valence-electron chi connectivity index (χ2n) is 9.30. The Labute approximate surface area is 198 Å². The van der Waals surface area contributed by atoms with Crippen LogP contribution in [0.2, 0.25) is 0 Å². The van der Waals surface area contributed by atoms with E-state index in [2.05, 4.69) is 22.8 Å². The van der Waals surface area contributed by atoms with Gasteiger partial charge < -0.3 is 25.6 Å². The number of carboxylic acids is 1. The average molecular weight is 467 g/mol. The third kappa shape index (κ3) is 4.92. The molecule has 0 saturated heterocycles. The quantitative estimate of drug-likeness (QED) is 0.450. The molecule has 4 rings (SSSR count). The van der Waals surface area contributed by atoms with E-state index in [0.29, 0.717) is 0 Å². The second-order valence-corrected chi connectivity index (χ2v) is 9.30. The molecule has 2 aliphatic carbocycles. The van der Waals surface area contributed by atoms with Crippen molar-refractivity contribution in [1.29, 1.82) is 0 Å². The van der Waals surface area contributed by atoms with E-state index in [1.165, 1.54) is 0 Å². The normalized spacial score (nSPS) is 17.5. The summed E-state index contributed by atoms with van der Waals surface area (Å²) < 4.78 is 5.55.